The zero-order valence-corrected chi connectivity index (χ0v) is 15.7. The molecule has 4 heterocycles. The number of hydrogen-bond donors (Lipinski definition) is 2. The average Bonchev–Trinajstić information content (AvgIpc) is 3.01. The number of anilines is 1. The molecule has 5 rings (SSSR count). The number of para-hydroxylation sites is 1. The van der Waals surface area contributed by atoms with Gasteiger partial charge in [-0.05, 0) is 18.2 Å². The molecule has 1 aliphatic heterocycles. The Morgan fingerprint density at radius 3 is 2.76 bits per heavy atom. The molecule has 29 heavy (non-hydrogen) atoms. The quantitative estimate of drug-likeness (QED) is 0.546. The summed E-state index contributed by atoms with van der Waals surface area (Å²) in [5.41, 5.74) is 3.44. The standard InChI is InChI=1S/C22H20N4O3/c27-21-20-18(23-9-7-19(20)26-11-15(12-26)22(28)29)13-25(21)10-8-16-6-5-14-3-1-2-4-17(14)24-16/h1-7,9,13,15,27H,8,10-12H2,(H,28,29). The summed E-state index contributed by atoms with van der Waals surface area (Å²) in [6.45, 7) is 1.46. The molecule has 7 heteroatoms. The number of nitrogens with zero attached hydrogens (tertiary/aromatic N) is 4. The minimum absolute atomic E-state index is 0.155. The Kier molecular flexibility index (Phi) is 4.08. The monoisotopic (exact) mass is 388 g/mol. The van der Waals surface area contributed by atoms with Crippen LogP contribution >= 0.6 is 0 Å². The molecule has 1 aromatic carbocycles. The van der Waals surface area contributed by atoms with E-state index in [1.54, 1.807) is 10.8 Å². The van der Waals surface area contributed by atoms with Gasteiger partial charge in [0.1, 0.15) is 0 Å². The van der Waals surface area contributed by atoms with Crippen LogP contribution in [0.25, 0.3) is 21.8 Å². The number of carboxylic acids is 1. The Hall–Kier alpha value is -3.61. The molecule has 0 atom stereocenters. The van der Waals surface area contributed by atoms with Gasteiger partial charge < -0.3 is 19.7 Å². The van der Waals surface area contributed by atoms with Crippen LogP contribution in [0.2, 0.25) is 0 Å². The van der Waals surface area contributed by atoms with Crippen molar-refractivity contribution < 1.29 is 15.0 Å². The minimum atomic E-state index is -0.781. The van der Waals surface area contributed by atoms with Crippen LogP contribution < -0.4 is 4.90 Å². The summed E-state index contributed by atoms with van der Waals surface area (Å²) >= 11 is 0. The molecular formula is C22H20N4O3. The molecule has 0 unspecified atom stereocenters. The summed E-state index contributed by atoms with van der Waals surface area (Å²) in [6.07, 6.45) is 4.21. The smallest absolute Gasteiger partial charge is 0.310 e. The van der Waals surface area contributed by atoms with Crippen LogP contribution in [0.4, 0.5) is 5.69 Å². The summed E-state index contributed by atoms with van der Waals surface area (Å²) in [5.74, 6) is -0.986. The predicted molar refractivity (Wildman–Crippen MR) is 110 cm³/mol. The zero-order valence-electron chi connectivity index (χ0n) is 15.7. The summed E-state index contributed by atoms with van der Waals surface area (Å²) in [4.78, 5) is 22.1. The summed E-state index contributed by atoms with van der Waals surface area (Å²) in [7, 11) is 0. The number of aliphatic carboxylic acids is 1. The van der Waals surface area contributed by atoms with Crippen molar-refractivity contribution in [3.63, 3.8) is 0 Å². The Balaban J connectivity index is 1.40. The Bertz CT molecular complexity index is 1230. The van der Waals surface area contributed by atoms with Crippen LogP contribution in [-0.2, 0) is 17.8 Å². The van der Waals surface area contributed by atoms with Crippen LogP contribution in [0.1, 0.15) is 5.69 Å². The molecule has 7 nitrogen and oxygen atoms in total. The van der Waals surface area contributed by atoms with Crippen LogP contribution in [-0.4, -0.2) is 43.8 Å². The number of aromatic hydroxyl groups is 1. The van der Waals surface area contributed by atoms with E-state index in [1.807, 2.05) is 47.5 Å². The molecule has 2 N–H and O–H groups in total. The molecule has 146 valence electrons. The van der Waals surface area contributed by atoms with Gasteiger partial charge in [0.05, 0.1) is 28.0 Å². The first-order valence-electron chi connectivity index (χ1n) is 9.59. The second-order valence-electron chi connectivity index (χ2n) is 7.42. The summed E-state index contributed by atoms with van der Waals surface area (Å²) < 4.78 is 1.78. The van der Waals surface area contributed by atoms with Crippen LogP contribution in [0.5, 0.6) is 5.88 Å². The molecule has 0 amide bonds. The highest BCUT2D eigenvalue weighted by molar-refractivity contribution is 5.97. The molecule has 0 aliphatic carbocycles. The lowest BCUT2D eigenvalue weighted by molar-refractivity contribution is -0.142. The highest BCUT2D eigenvalue weighted by Crippen LogP contribution is 2.37. The van der Waals surface area contributed by atoms with Gasteiger partial charge in [-0.25, -0.2) is 0 Å². The van der Waals surface area contributed by atoms with Crippen LogP contribution in [0.3, 0.4) is 0 Å². The van der Waals surface area contributed by atoms with Crippen molar-refractivity contribution in [3.8, 4) is 5.88 Å². The Morgan fingerprint density at radius 2 is 1.93 bits per heavy atom. The van der Waals surface area contributed by atoms with Gasteiger partial charge >= 0.3 is 5.97 Å². The van der Waals surface area contributed by atoms with Crippen molar-refractivity contribution in [2.24, 2.45) is 5.92 Å². The molecule has 3 aromatic heterocycles. The fourth-order valence-electron chi connectivity index (χ4n) is 3.89. The number of carbonyl (C=O) groups is 1. The normalized spacial score (nSPS) is 14.4. The average molecular weight is 388 g/mol. The topological polar surface area (TPSA) is 91.5 Å². The van der Waals surface area contributed by atoms with E-state index in [9.17, 15) is 9.90 Å². The number of rotatable bonds is 5. The lowest BCUT2D eigenvalue weighted by Crippen LogP contribution is -2.50. The maximum Gasteiger partial charge on any atom is 0.310 e. The van der Waals surface area contributed by atoms with E-state index in [0.717, 1.165) is 22.3 Å². The van der Waals surface area contributed by atoms with Gasteiger partial charge in [0.2, 0.25) is 5.88 Å². The van der Waals surface area contributed by atoms with Gasteiger partial charge in [0.25, 0.3) is 0 Å². The van der Waals surface area contributed by atoms with Gasteiger partial charge in [0, 0.05) is 49.5 Å². The number of carboxylic acid groups (broad SMARTS) is 1. The second kappa shape index (κ2) is 6.77. The molecule has 1 fully saturated rings. The van der Waals surface area contributed by atoms with Crippen molar-refractivity contribution in [2.45, 2.75) is 13.0 Å². The molecule has 1 aliphatic rings. The van der Waals surface area contributed by atoms with E-state index >= 15 is 0 Å². The third kappa shape index (κ3) is 3.04. The molecule has 1 saturated heterocycles. The Labute approximate surface area is 166 Å². The molecular weight excluding hydrogens is 368 g/mol. The number of aromatic nitrogens is 3. The number of aryl methyl sites for hydroxylation is 2. The second-order valence-corrected chi connectivity index (χ2v) is 7.42. The van der Waals surface area contributed by atoms with Crippen LogP contribution in [0.15, 0.2) is 54.9 Å². The van der Waals surface area contributed by atoms with E-state index in [-0.39, 0.29) is 11.8 Å². The van der Waals surface area contributed by atoms with Gasteiger partial charge in [0.15, 0.2) is 0 Å². The van der Waals surface area contributed by atoms with E-state index in [1.165, 1.54) is 0 Å². The van der Waals surface area contributed by atoms with Crippen LogP contribution in [0, 0.1) is 5.92 Å². The third-order valence-corrected chi connectivity index (χ3v) is 5.57. The van der Waals surface area contributed by atoms with E-state index < -0.39 is 5.97 Å². The zero-order chi connectivity index (χ0) is 20.0. The number of fused-ring (bicyclic) bond motifs is 2. The Morgan fingerprint density at radius 1 is 1.10 bits per heavy atom. The first kappa shape index (κ1) is 17.5. The predicted octanol–water partition coefficient (Wildman–Crippen LogP) is 3.05. The first-order valence-corrected chi connectivity index (χ1v) is 9.59. The summed E-state index contributed by atoms with van der Waals surface area (Å²) in [5, 5.41) is 21.7. The molecule has 0 spiro atoms. The van der Waals surface area contributed by atoms with E-state index in [0.29, 0.717) is 37.0 Å². The largest absolute Gasteiger partial charge is 0.494 e. The van der Waals surface area contributed by atoms with Crippen molar-refractivity contribution in [3.05, 3.63) is 60.6 Å². The SMILES string of the molecule is O=C(O)C1CN(c2ccnc3cn(CCc4ccc5ccccc5n4)c(O)c23)C1. The van der Waals surface area contributed by atoms with Gasteiger partial charge in [-0.3, -0.25) is 14.8 Å². The first-order chi connectivity index (χ1) is 14.1. The molecule has 4 aromatic rings. The third-order valence-electron chi connectivity index (χ3n) is 5.57. The van der Waals surface area contributed by atoms with Gasteiger partial charge in [-0.15, -0.1) is 0 Å². The van der Waals surface area contributed by atoms with Gasteiger partial charge in [-0.2, -0.15) is 0 Å². The maximum atomic E-state index is 11.1. The highest BCUT2D eigenvalue weighted by atomic mass is 16.4. The number of hydrogen-bond acceptors (Lipinski definition) is 5. The summed E-state index contributed by atoms with van der Waals surface area (Å²) in [6, 6.07) is 13.9. The van der Waals surface area contributed by atoms with Crippen molar-refractivity contribution in [1.82, 2.24) is 14.5 Å². The lowest BCUT2D eigenvalue weighted by Gasteiger charge is -2.38. The fourth-order valence-corrected chi connectivity index (χ4v) is 3.89. The van der Waals surface area contributed by atoms with Gasteiger partial charge in [-0.1, -0.05) is 24.3 Å². The van der Waals surface area contributed by atoms with E-state index in [4.69, 9.17) is 10.1 Å². The molecule has 0 bridgehead atoms. The molecule has 0 radical (unpaired) electrons. The van der Waals surface area contributed by atoms with E-state index in [2.05, 4.69) is 11.1 Å². The number of benzene rings is 1. The molecule has 0 saturated carbocycles. The lowest BCUT2D eigenvalue weighted by atomic mass is 9.99. The number of pyridine rings is 2. The van der Waals surface area contributed by atoms with Crippen molar-refractivity contribution in [2.75, 3.05) is 18.0 Å². The minimum Gasteiger partial charge on any atom is -0.494 e. The maximum absolute atomic E-state index is 11.1. The highest BCUT2D eigenvalue weighted by Gasteiger charge is 2.34. The van der Waals surface area contributed by atoms with Crippen molar-refractivity contribution >= 4 is 33.5 Å². The van der Waals surface area contributed by atoms with Crippen molar-refractivity contribution in [1.29, 1.82) is 0 Å². The fraction of sp³-hybridized carbons (Fsp3) is 0.227.